The molecule has 1 aliphatic carbocycles. The van der Waals surface area contributed by atoms with E-state index in [9.17, 15) is 4.79 Å². The molecule has 110 valence electrons. The molecule has 1 aliphatic heterocycles. The van der Waals surface area contributed by atoms with E-state index in [2.05, 4.69) is 19.2 Å². The van der Waals surface area contributed by atoms with Crippen LogP contribution >= 0.6 is 0 Å². The zero-order valence-electron chi connectivity index (χ0n) is 12.5. The predicted octanol–water partition coefficient (Wildman–Crippen LogP) is 2.49. The number of carbonyl (C=O) groups excluding carboxylic acids is 1. The Labute approximate surface area is 116 Å². The maximum absolute atomic E-state index is 12.3. The summed E-state index contributed by atoms with van der Waals surface area (Å²) in [5, 5.41) is 3.13. The Hall–Kier alpha value is -0.770. The fourth-order valence-electron chi connectivity index (χ4n) is 3.40. The largest absolute Gasteiger partial charge is 0.383 e. The van der Waals surface area contributed by atoms with Crippen LogP contribution in [-0.2, 0) is 4.74 Å². The number of ether oxygens (including phenoxy) is 1. The summed E-state index contributed by atoms with van der Waals surface area (Å²) in [5.41, 5.74) is 0. The third-order valence-corrected chi connectivity index (χ3v) is 4.72. The van der Waals surface area contributed by atoms with Gasteiger partial charge in [0.25, 0.3) is 0 Å². The lowest BCUT2D eigenvalue weighted by Crippen LogP contribution is -2.48. The van der Waals surface area contributed by atoms with Crippen molar-refractivity contribution in [3.05, 3.63) is 0 Å². The van der Waals surface area contributed by atoms with Crippen LogP contribution in [0.15, 0.2) is 0 Å². The van der Waals surface area contributed by atoms with E-state index in [4.69, 9.17) is 4.74 Å². The quantitative estimate of drug-likeness (QED) is 0.851. The number of nitrogens with one attached hydrogen (secondary N) is 1. The average molecular weight is 268 g/mol. The van der Waals surface area contributed by atoms with Gasteiger partial charge in [0.1, 0.15) is 0 Å². The Morgan fingerprint density at radius 1 is 1.26 bits per heavy atom. The van der Waals surface area contributed by atoms with Gasteiger partial charge in [-0.3, -0.25) is 0 Å². The van der Waals surface area contributed by atoms with E-state index < -0.39 is 0 Å². The van der Waals surface area contributed by atoms with Gasteiger partial charge < -0.3 is 15.0 Å². The molecule has 1 saturated heterocycles. The summed E-state index contributed by atoms with van der Waals surface area (Å²) < 4.78 is 5.19. The molecule has 3 atom stereocenters. The van der Waals surface area contributed by atoms with Crippen molar-refractivity contribution in [1.82, 2.24) is 10.2 Å². The molecule has 1 N–H and O–H groups in total. The van der Waals surface area contributed by atoms with Crippen molar-refractivity contribution >= 4 is 6.03 Å². The molecule has 0 unspecified atom stereocenters. The minimum atomic E-state index is 0.102. The molecule has 1 saturated carbocycles. The smallest absolute Gasteiger partial charge is 0.317 e. The predicted molar refractivity (Wildman–Crippen MR) is 76.1 cm³/mol. The fraction of sp³-hybridized carbons (Fsp3) is 0.933. The van der Waals surface area contributed by atoms with Gasteiger partial charge in [-0.05, 0) is 30.6 Å². The molecule has 2 amide bonds. The number of carbonyl (C=O) groups is 1. The van der Waals surface area contributed by atoms with Gasteiger partial charge in [0.15, 0.2) is 0 Å². The van der Waals surface area contributed by atoms with Crippen LogP contribution in [-0.4, -0.2) is 43.8 Å². The van der Waals surface area contributed by atoms with Crippen LogP contribution in [0.25, 0.3) is 0 Å². The SMILES string of the molecule is COC[C@H](NC(=O)N1C[C@@H]2CCCC[C@H]2C1)C(C)C. The first-order chi connectivity index (χ1) is 9.11. The van der Waals surface area contributed by atoms with Gasteiger partial charge in [-0.25, -0.2) is 4.79 Å². The summed E-state index contributed by atoms with van der Waals surface area (Å²) in [5.74, 6) is 1.90. The average Bonchev–Trinajstić information content (AvgIpc) is 2.81. The molecular formula is C15H28N2O2. The highest BCUT2D eigenvalue weighted by Gasteiger charge is 2.36. The van der Waals surface area contributed by atoms with Crippen molar-refractivity contribution in [3.63, 3.8) is 0 Å². The maximum atomic E-state index is 12.3. The minimum Gasteiger partial charge on any atom is -0.383 e. The molecule has 0 aromatic carbocycles. The Morgan fingerprint density at radius 3 is 2.32 bits per heavy atom. The van der Waals surface area contributed by atoms with Gasteiger partial charge >= 0.3 is 6.03 Å². The Balaban J connectivity index is 1.86. The number of methoxy groups -OCH3 is 1. The second kappa shape index (κ2) is 6.60. The van der Waals surface area contributed by atoms with Crippen LogP contribution in [0.2, 0.25) is 0 Å². The summed E-state index contributed by atoms with van der Waals surface area (Å²) in [7, 11) is 1.69. The van der Waals surface area contributed by atoms with E-state index in [0.717, 1.165) is 24.9 Å². The summed E-state index contributed by atoms with van der Waals surface area (Å²) in [6, 6.07) is 0.213. The normalized spacial score (nSPS) is 28.3. The zero-order valence-corrected chi connectivity index (χ0v) is 12.5. The lowest BCUT2D eigenvalue weighted by atomic mass is 9.82. The van der Waals surface area contributed by atoms with Gasteiger partial charge in [0.05, 0.1) is 12.6 Å². The second-order valence-electron chi connectivity index (χ2n) is 6.46. The number of fused-ring (bicyclic) bond motifs is 1. The third-order valence-electron chi connectivity index (χ3n) is 4.72. The van der Waals surface area contributed by atoms with Crippen LogP contribution in [0.3, 0.4) is 0 Å². The summed E-state index contributed by atoms with van der Waals surface area (Å²) in [4.78, 5) is 14.4. The lowest BCUT2D eigenvalue weighted by molar-refractivity contribution is 0.140. The summed E-state index contributed by atoms with van der Waals surface area (Å²) >= 11 is 0. The molecule has 4 heteroatoms. The second-order valence-corrected chi connectivity index (χ2v) is 6.46. The van der Waals surface area contributed by atoms with Crippen molar-refractivity contribution in [2.75, 3.05) is 26.8 Å². The molecule has 1 heterocycles. The van der Waals surface area contributed by atoms with Crippen molar-refractivity contribution in [2.24, 2.45) is 17.8 Å². The van der Waals surface area contributed by atoms with Crippen molar-refractivity contribution in [3.8, 4) is 0 Å². The fourth-order valence-corrected chi connectivity index (χ4v) is 3.40. The number of hydrogen-bond donors (Lipinski definition) is 1. The monoisotopic (exact) mass is 268 g/mol. The molecule has 4 nitrogen and oxygen atoms in total. The molecule has 0 aromatic heterocycles. The number of hydrogen-bond acceptors (Lipinski definition) is 2. The van der Waals surface area contributed by atoms with Crippen LogP contribution in [0, 0.1) is 17.8 Å². The highest BCUT2D eigenvalue weighted by atomic mass is 16.5. The van der Waals surface area contributed by atoms with Crippen LogP contribution in [0.5, 0.6) is 0 Å². The van der Waals surface area contributed by atoms with Gasteiger partial charge in [0, 0.05) is 20.2 Å². The van der Waals surface area contributed by atoms with Crippen LogP contribution in [0.1, 0.15) is 39.5 Å². The van der Waals surface area contributed by atoms with Crippen molar-refractivity contribution < 1.29 is 9.53 Å². The first-order valence-electron chi connectivity index (χ1n) is 7.66. The first kappa shape index (κ1) is 14.6. The van der Waals surface area contributed by atoms with Gasteiger partial charge in [-0.1, -0.05) is 26.7 Å². The highest BCUT2D eigenvalue weighted by Crippen LogP contribution is 2.35. The molecule has 0 radical (unpaired) electrons. The summed E-state index contributed by atoms with van der Waals surface area (Å²) in [6.45, 7) is 6.73. The number of rotatable bonds is 4. The van der Waals surface area contributed by atoms with Gasteiger partial charge in [0.2, 0.25) is 0 Å². The Morgan fingerprint density at radius 2 is 1.84 bits per heavy atom. The third kappa shape index (κ3) is 3.62. The number of urea groups is 1. The number of likely N-dealkylation sites (tertiary alicyclic amines) is 1. The molecule has 2 fully saturated rings. The van der Waals surface area contributed by atoms with Crippen molar-refractivity contribution in [1.29, 1.82) is 0 Å². The first-order valence-corrected chi connectivity index (χ1v) is 7.66. The Kier molecular flexibility index (Phi) is 5.08. The minimum absolute atomic E-state index is 0.102. The Bertz CT molecular complexity index is 293. The van der Waals surface area contributed by atoms with E-state index in [1.165, 1.54) is 25.7 Å². The van der Waals surface area contributed by atoms with E-state index >= 15 is 0 Å². The molecular weight excluding hydrogens is 240 g/mol. The molecule has 0 bridgehead atoms. The molecule has 0 aromatic rings. The summed E-state index contributed by atoms with van der Waals surface area (Å²) in [6.07, 6.45) is 5.30. The van der Waals surface area contributed by atoms with Gasteiger partial charge in [-0.15, -0.1) is 0 Å². The van der Waals surface area contributed by atoms with Gasteiger partial charge in [-0.2, -0.15) is 0 Å². The molecule has 19 heavy (non-hydrogen) atoms. The molecule has 0 spiro atoms. The molecule has 2 rings (SSSR count). The molecule has 2 aliphatic rings. The maximum Gasteiger partial charge on any atom is 0.317 e. The van der Waals surface area contributed by atoms with Crippen LogP contribution in [0.4, 0.5) is 4.79 Å². The topological polar surface area (TPSA) is 41.6 Å². The number of amides is 2. The number of nitrogens with zero attached hydrogens (tertiary/aromatic N) is 1. The lowest BCUT2D eigenvalue weighted by Gasteiger charge is -2.25. The van der Waals surface area contributed by atoms with E-state index in [0.29, 0.717) is 12.5 Å². The van der Waals surface area contributed by atoms with E-state index in [1.54, 1.807) is 7.11 Å². The van der Waals surface area contributed by atoms with Crippen LogP contribution < -0.4 is 5.32 Å². The van der Waals surface area contributed by atoms with E-state index in [-0.39, 0.29) is 12.1 Å². The van der Waals surface area contributed by atoms with Crippen molar-refractivity contribution in [2.45, 2.75) is 45.6 Å². The standard InChI is InChI=1S/C15H28N2O2/c1-11(2)14(10-19-3)16-15(18)17-8-12-6-4-5-7-13(12)9-17/h11-14H,4-10H2,1-3H3,(H,16,18)/t12-,13-,14-/m0/s1. The highest BCUT2D eigenvalue weighted by molar-refractivity contribution is 5.75. The zero-order chi connectivity index (χ0) is 13.8. The van der Waals surface area contributed by atoms with E-state index in [1.807, 2.05) is 4.90 Å².